The van der Waals surface area contributed by atoms with Crippen molar-refractivity contribution < 1.29 is 24.2 Å². The molecule has 1 unspecified atom stereocenters. The number of benzene rings is 2. The Morgan fingerprint density at radius 1 is 1.02 bits per heavy atom. The van der Waals surface area contributed by atoms with Crippen molar-refractivity contribution >= 4 is 46.8 Å². The summed E-state index contributed by atoms with van der Waals surface area (Å²) in [4.78, 5) is 45.9. The van der Waals surface area contributed by atoms with Gasteiger partial charge in [0.2, 0.25) is 5.91 Å². The number of cyclic esters (lactones) is 1. The number of fused-ring (bicyclic) bond motifs is 2. The SMILES string of the molecule is C[C@@]12C=CCCOC(=O)[C@@H]1[C@H]1C(=O)N([C@@H](CO)Cc3ccccc3)C3C(=O)N(c4ccccc4Cl)CC=C[C@@]31S2. The van der Waals surface area contributed by atoms with Crippen molar-refractivity contribution in [2.45, 2.75) is 41.3 Å². The molecular weight excluding hydrogens is 548 g/mol. The molecule has 6 atom stereocenters. The monoisotopic (exact) mass is 578 g/mol. The zero-order chi connectivity index (χ0) is 28.1. The average Bonchev–Trinajstić information content (AvgIpc) is 3.27. The van der Waals surface area contributed by atoms with Crippen LogP contribution in [0.4, 0.5) is 5.69 Å². The minimum atomic E-state index is -1.04. The maximum absolute atomic E-state index is 14.7. The highest BCUT2D eigenvalue weighted by molar-refractivity contribution is 8.02. The number of esters is 1. The van der Waals surface area contributed by atoms with E-state index in [1.807, 2.05) is 67.6 Å². The predicted molar refractivity (Wildman–Crippen MR) is 155 cm³/mol. The molecule has 1 N–H and O–H groups in total. The van der Waals surface area contributed by atoms with Crippen LogP contribution in [-0.2, 0) is 25.5 Å². The van der Waals surface area contributed by atoms with E-state index in [1.54, 1.807) is 28.0 Å². The van der Waals surface area contributed by atoms with Crippen LogP contribution in [0.3, 0.4) is 0 Å². The summed E-state index contributed by atoms with van der Waals surface area (Å²) in [5, 5.41) is 11.1. The van der Waals surface area contributed by atoms with Crippen LogP contribution >= 0.6 is 23.4 Å². The molecule has 2 amide bonds. The van der Waals surface area contributed by atoms with Crippen molar-refractivity contribution in [3.8, 4) is 0 Å². The number of hydrogen-bond donors (Lipinski definition) is 1. The van der Waals surface area contributed by atoms with Crippen molar-refractivity contribution in [1.29, 1.82) is 0 Å². The maximum Gasteiger partial charge on any atom is 0.311 e. The number of carbonyl (C=O) groups excluding carboxylic acids is 3. The molecule has 4 aliphatic heterocycles. The van der Waals surface area contributed by atoms with Crippen LogP contribution in [-0.4, -0.2) is 69.1 Å². The molecule has 0 saturated carbocycles. The Balaban J connectivity index is 1.51. The standard InChI is InChI=1S/C31H31ClN2O5S/c1-30-14-7-8-17-39-29(38)25(30)24-27(36)34(21(19-35)18-20-10-3-2-4-11-20)26-28(37)33(16-9-15-31(24,26)40-30)23-13-6-5-12-22(23)32/h2-7,9-15,21,24-26,35H,8,16-19H2,1H3/t21-,24+,25+,26?,30-,31+/m1/s1. The number of anilines is 1. The summed E-state index contributed by atoms with van der Waals surface area (Å²) in [6, 6.07) is 15.1. The summed E-state index contributed by atoms with van der Waals surface area (Å²) in [5.41, 5.74) is 1.49. The molecule has 4 heterocycles. The third kappa shape index (κ3) is 4.19. The van der Waals surface area contributed by atoms with Crippen LogP contribution in [0.2, 0.25) is 5.02 Å². The topological polar surface area (TPSA) is 87.1 Å². The molecule has 6 rings (SSSR count). The van der Waals surface area contributed by atoms with E-state index >= 15 is 0 Å². The normalized spacial score (nSPS) is 32.1. The van der Waals surface area contributed by atoms with E-state index in [0.717, 1.165) is 5.56 Å². The van der Waals surface area contributed by atoms with Crippen LogP contribution in [0.1, 0.15) is 18.9 Å². The second kappa shape index (κ2) is 10.4. The summed E-state index contributed by atoms with van der Waals surface area (Å²) in [6.45, 7) is 2.13. The smallest absolute Gasteiger partial charge is 0.311 e. The number of para-hydroxylation sites is 1. The van der Waals surface area contributed by atoms with Gasteiger partial charge in [-0.05, 0) is 37.5 Å². The van der Waals surface area contributed by atoms with Crippen LogP contribution < -0.4 is 4.90 Å². The van der Waals surface area contributed by atoms with Gasteiger partial charge in [0.15, 0.2) is 0 Å². The van der Waals surface area contributed by atoms with Crippen LogP contribution in [0.5, 0.6) is 0 Å². The highest BCUT2D eigenvalue weighted by Crippen LogP contribution is 2.65. The minimum Gasteiger partial charge on any atom is -0.465 e. The molecule has 1 spiro atoms. The zero-order valence-corrected chi connectivity index (χ0v) is 23.7. The number of carbonyl (C=O) groups is 3. The Labute approximate surface area is 242 Å². The fraction of sp³-hybridized carbons (Fsp3) is 0.387. The first kappa shape index (κ1) is 27.1. The zero-order valence-electron chi connectivity index (χ0n) is 22.1. The lowest BCUT2D eigenvalue weighted by molar-refractivity contribution is -0.154. The molecule has 0 aliphatic carbocycles. The molecule has 208 valence electrons. The summed E-state index contributed by atoms with van der Waals surface area (Å²) in [5.74, 6) is -2.64. The van der Waals surface area contributed by atoms with Gasteiger partial charge < -0.3 is 19.6 Å². The van der Waals surface area contributed by atoms with Crippen LogP contribution in [0, 0.1) is 11.8 Å². The summed E-state index contributed by atoms with van der Waals surface area (Å²) >= 11 is 8.04. The summed E-state index contributed by atoms with van der Waals surface area (Å²) in [7, 11) is 0. The molecule has 4 aliphatic rings. The Morgan fingerprint density at radius 2 is 1.77 bits per heavy atom. The average molecular weight is 579 g/mol. The molecule has 2 aromatic carbocycles. The van der Waals surface area contributed by atoms with Crippen molar-refractivity contribution in [1.82, 2.24) is 4.90 Å². The first-order valence-corrected chi connectivity index (χ1v) is 14.8. The fourth-order valence-electron chi connectivity index (χ4n) is 6.84. The largest absolute Gasteiger partial charge is 0.465 e. The summed E-state index contributed by atoms with van der Waals surface area (Å²) < 4.78 is 3.83. The van der Waals surface area contributed by atoms with E-state index in [9.17, 15) is 19.5 Å². The van der Waals surface area contributed by atoms with Gasteiger partial charge in [0.25, 0.3) is 5.91 Å². The van der Waals surface area contributed by atoms with Gasteiger partial charge in [-0.25, -0.2) is 0 Å². The van der Waals surface area contributed by atoms with Crippen molar-refractivity contribution in [2.75, 3.05) is 24.7 Å². The third-order valence-electron chi connectivity index (χ3n) is 8.52. The molecule has 2 saturated heterocycles. The highest BCUT2D eigenvalue weighted by Gasteiger charge is 2.74. The molecule has 7 nitrogen and oxygen atoms in total. The first-order chi connectivity index (χ1) is 19.3. The van der Waals surface area contributed by atoms with Crippen LogP contribution in [0.25, 0.3) is 0 Å². The van der Waals surface area contributed by atoms with E-state index in [1.165, 1.54) is 11.8 Å². The van der Waals surface area contributed by atoms with Crippen molar-refractivity contribution in [2.24, 2.45) is 11.8 Å². The van der Waals surface area contributed by atoms with Gasteiger partial charge in [-0.2, -0.15) is 0 Å². The molecule has 0 bridgehead atoms. The lowest BCUT2D eigenvalue weighted by Crippen LogP contribution is -2.57. The number of hydrogen-bond acceptors (Lipinski definition) is 6. The fourth-order valence-corrected chi connectivity index (χ4v) is 9.22. The van der Waals surface area contributed by atoms with Gasteiger partial charge in [0.1, 0.15) is 6.04 Å². The van der Waals surface area contributed by atoms with E-state index in [-0.39, 0.29) is 31.6 Å². The number of aliphatic hydroxyl groups is 1. The van der Waals surface area contributed by atoms with Crippen LogP contribution in [0.15, 0.2) is 78.9 Å². The predicted octanol–water partition coefficient (Wildman–Crippen LogP) is 4.04. The Morgan fingerprint density at radius 3 is 2.52 bits per heavy atom. The van der Waals surface area contributed by atoms with Crippen molar-refractivity contribution in [3.05, 3.63) is 89.5 Å². The number of amides is 2. The van der Waals surface area contributed by atoms with Gasteiger partial charge in [-0.3, -0.25) is 14.4 Å². The first-order valence-electron chi connectivity index (χ1n) is 13.6. The molecule has 0 radical (unpaired) electrons. The number of halogens is 1. The molecular formula is C31H31ClN2O5S. The lowest BCUT2D eigenvalue weighted by atomic mass is 9.74. The Hall–Kier alpha value is -3.07. The number of thioether (sulfide) groups is 1. The van der Waals surface area contributed by atoms with Gasteiger partial charge >= 0.3 is 5.97 Å². The number of nitrogens with zero attached hydrogens (tertiary/aromatic N) is 2. The van der Waals surface area contributed by atoms with Gasteiger partial charge in [-0.15, -0.1) is 11.8 Å². The third-order valence-corrected chi connectivity index (χ3v) is 10.6. The molecule has 40 heavy (non-hydrogen) atoms. The van der Waals surface area contributed by atoms with E-state index < -0.39 is 39.4 Å². The van der Waals surface area contributed by atoms with E-state index in [2.05, 4.69) is 0 Å². The number of likely N-dealkylation sites (tertiary alicyclic amines) is 1. The van der Waals surface area contributed by atoms with E-state index in [4.69, 9.17) is 16.3 Å². The summed E-state index contributed by atoms with van der Waals surface area (Å²) in [6.07, 6.45) is 8.81. The number of rotatable bonds is 5. The lowest BCUT2D eigenvalue weighted by Gasteiger charge is -2.40. The Kier molecular flexibility index (Phi) is 7.05. The second-order valence-electron chi connectivity index (χ2n) is 10.9. The van der Waals surface area contributed by atoms with Gasteiger partial charge in [-0.1, -0.05) is 78.4 Å². The molecule has 9 heteroatoms. The Bertz CT molecular complexity index is 1400. The molecule has 2 aromatic rings. The van der Waals surface area contributed by atoms with Gasteiger partial charge in [0.05, 0.1) is 46.5 Å². The van der Waals surface area contributed by atoms with E-state index in [0.29, 0.717) is 23.6 Å². The second-order valence-corrected chi connectivity index (χ2v) is 13.1. The quantitative estimate of drug-likeness (QED) is 0.426. The molecule has 2 fully saturated rings. The molecule has 0 aromatic heterocycles. The number of ether oxygens (including phenoxy) is 1. The number of aliphatic hydroxyl groups excluding tert-OH is 1. The maximum atomic E-state index is 14.7. The highest BCUT2D eigenvalue weighted by atomic mass is 35.5. The van der Waals surface area contributed by atoms with Gasteiger partial charge in [0, 0.05) is 11.3 Å². The minimum absolute atomic E-state index is 0.246. The van der Waals surface area contributed by atoms with Crippen molar-refractivity contribution in [3.63, 3.8) is 0 Å².